The molecule has 0 aliphatic carbocycles. The second kappa shape index (κ2) is 32.3. The molecule has 0 fully saturated rings. The van der Waals surface area contributed by atoms with Crippen LogP contribution in [-0.2, 0) is 110 Å². The fourth-order valence-electron chi connectivity index (χ4n) is 0. The Bertz CT molecular complexity index is 164. The van der Waals surface area contributed by atoms with Crippen molar-refractivity contribution in [2.75, 3.05) is 0 Å². The van der Waals surface area contributed by atoms with Gasteiger partial charge in [-0.25, -0.2) is 0 Å². The van der Waals surface area contributed by atoms with E-state index in [4.69, 9.17) is 42.8 Å². The van der Waals surface area contributed by atoms with Crippen LogP contribution in [0.3, 0.4) is 0 Å². The van der Waals surface area contributed by atoms with Crippen molar-refractivity contribution in [3.05, 3.63) is 0 Å². The van der Waals surface area contributed by atoms with Gasteiger partial charge in [0.1, 0.15) is 0 Å². The number of rotatable bonds is 0. The number of hydrogen-bond donors (Lipinski definition) is 0. The third kappa shape index (κ3) is 578. The molecule has 0 rings (SSSR count). The minimum absolute atomic E-state index is 0. The van der Waals surface area contributed by atoms with Crippen LogP contribution < -0.4 is 29.5 Å². The predicted molar refractivity (Wildman–Crippen MR) is 8.50 cm³/mol. The quantitative estimate of drug-likeness (QED) is 0.216. The average Bonchev–Trinajstić information content (AvgIpc) is 1.76. The molecule has 0 aromatic rings. The molecule has 18 heavy (non-hydrogen) atoms. The van der Waals surface area contributed by atoms with Crippen molar-refractivity contribution in [2.45, 2.75) is 0 Å². The van der Waals surface area contributed by atoms with E-state index in [1.165, 1.54) is 0 Å². The van der Waals surface area contributed by atoms with Gasteiger partial charge in [-0.3, -0.25) is 0 Å². The molecule has 0 heterocycles. The standard InChI is InChI=1S/Bi.Nb.12O.4Ti/q+3;+5;;;;;8*-1;;;;. The van der Waals surface area contributed by atoms with Crippen LogP contribution in [0.1, 0.15) is 0 Å². The molecule has 0 N–H and O–H groups in total. The van der Waals surface area contributed by atoms with E-state index in [1.807, 2.05) is 0 Å². The van der Waals surface area contributed by atoms with E-state index in [2.05, 4.69) is 0 Å². The molecule has 0 bridgehead atoms. The van der Waals surface area contributed by atoms with Gasteiger partial charge < -0.3 is 0 Å². The van der Waals surface area contributed by atoms with Gasteiger partial charge in [-0.05, 0) is 0 Å². The topological polar surface area (TPSA) is 253 Å². The third-order valence-electron chi connectivity index (χ3n) is 0. The summed E-state index contributed by atoms with van der Waals surface area (Å²) < 4.78 is 103. The van der Waals surface area contributed by atoms with Gasteiger partial charge in [0, 0.05) is 0 Å². The van der Waals surface area contributed by atoms with Gasteiger partial charge in [0.2, 0.25) is 0 Å². The maximum absolute atomic E-state index is 8.58. The van der Waals surface area contributed by atoms with Gasteiger partial charge >= 0.3 is 166 Å². The van der Waals surface area contributed by atoms with Crippen LogP contribution in [0.15, 0.2) is 0 Å². The molecule has 0 saturated carbocycles. The van der Waals surface area contributed by atoms with E-state index in [9.17, 15) is 0 Å². The SMILES string of the molecule is [Bi+3].[Nb+5].[O]=[Ti]([O-])[O-].[O]=[Ti]([O-])[O-].[O]=[Ti]([O-])[O-].[O]=[Ti]([O-])[O-]. The van der Waals surface area contributed by atoms with Crippen LogP contribution in [0, 0.1) is 0 Å². The molecule has 2 radical (unpaired) electrons. The molecule has 98 valence electrons. The van der Waals surface area contributed by atoms with Crippen LogP contribution in [0.25, 0.3) is 0 Å². The molecule has 0 atom stereocenters. The molecule has 0 aromatic carbocycles. The zero-order valence-corrected chi connectivity index (χ0v) is 19.7. The van der Waals surface area contributed by atoms with Gasteiger partial charge in [-0.1, -0.05) is 0 Å². The Morgan fingerprint density at radius 3 is 0.444 bits per heavy atom. The maximum atomic E-state index is 8.58. The van der Waals surface area contributed by atoms with Gasteiger partial charge in [-0.15, -0.1) is 0 Å². The van der Waals surface area contributed by atoms with Crippen LogP contribution in [0.2, 0.25) is 0 Å². The summed E-state index contributed by atoms with van der Waals surface area (Å²) >= 11 is -16.3. The summed E-state index contributed by atoms with van der Waals surface area (Å²) in [6.45, 7) is 0. The Hall–Kier alpha value is 3.36. The van der Waals surface area contributed by atoms with Crippen molar-refractivity contribution in [3.63, 3.8) is 0 Å². The Morgan fingerprint density at radius 2 is 0.444 bits per heavy atom. The average molecular weight is 685 g/mol. The monoisotopic (exact) mass is 686 g/mol. The summed E-state index contributed by atoms with van der Waals surface area (Å²) in [7, 11) is 0. The van der Waals surface area contributed by atoms with Crippen LogP contribution in [-0.4, -0.2) is 26.2 Å². The first kappa shape index (κ1) is 37.5. The molecule has 18 heteroatoms. The van der Waals surface area contributed by atoms with E-state index in [-0.39, 0.29) is 48.6 Å². The second-order valence-electron chi connectivity index (χ2n) is 1.00. The molecule has 0 unspecified atom stereocenters. The summed E-state index contributed by atoms with van der Waals surface area (Å²) in [4.78, 5) is 0. The van der Waals surface area contributed by atoms with Gasteiger partial charge in [0.05, 0.1) is 0 Å². The van der Waals surface area contributed by atoms with Crippen molar-refractivity contribution in [1.29, 1.82) is 0 Å². The van der Waals surface area contributed by atoms with E-state index < -0.39 is 74.5 Å². The summed E-state index contributed by atoms with van der Waals surface area (Å²) in [6.07, 6.45) is 0. The summed E-state index contributed by atoms with van der Waals surface area (Å²) in [6, 6.07) is 0. The Kier molecular flexibility index (Phi) is 67.4. The zero-order chi connectivity index (χ0) is 14.3. The fraction of sp³-hybridized carbons (Fsp3) is 0. The first-order valence-electron chi connectivity index (χ1n) is 2.45. The van der Waals surface area contributed by atoms with E-state index in [0.717, 1.165) is 0 Å². The van der Waals surface area contributed by atoms with Crippen LogP contribution in [0.4, 0.5) is 0 Å². The summed E-state index contributed by atoms with van der Waals surface area (Å²) in [5.74, 6) is 0. The molecular formula is BiNbO12Ti4. The third-order valence-corrected chi connectivity index (χ3v) is 0. The van der Waals surface area contributed by atoms with Gasteiger partial charge in [-0.2, -0.15) is 0 Å². The molecule has 0 aliphatic rings. The molecule has 12 nitrogen and oxygen atoms in total. The van der Waals surface area contributed by atoms with Crippen molar-refractivity contribution < 1.29 is 140 Å². The van der Waals surface area contributed by atoms with Gasteiger partial charge in [0.25, 0.3) is 0 Å². The predicted octanol–water partition coefficient (Wildman–Crippen LogP) is -10.4. The van der Waals surface area contributed by atoms with Crippen LogP contribution in [0.5, 0.6) is 0 Å². The first-order chi connectivity index (χ1) is 6.93. The first-order valence-corrected chi connectivity index (χ1v) is 10.1. The fourth-order valence-corrected chi connectivity index (χ4v) is 0. The molecule has 0 aliphatic heterocycles. The summed E-state index contributed by atoms with van der Waals surface area (Å²) in [5.41, 5.74) is 0. The molecule has 0 amide bonds. The zero-order valence-electron chi connectivity index (χ0n) is 7.79. The Labute approximate surface area is 163 Å². The molecule has 0 aromatic heterocycles. The Morgan fingerprint density at radius 1 is 0.444 bits per heavy atom. The van der Waals surface area contributed by atoms with Gasteiger partial charge in [0.15, 0.2) is 0 Å². The van der Waals surface area contributed by atoms with Crippen molar-refractivity contribution >= 4 is 26.2 Å². The minimum atomic E-state index is -4.08. The van der Waals surface area contributed by atoms with E-state index in [1.54, 1.807) is 0 Å². The normalized spacial score (nSPS) is 5.78. The molecular weight excluding hydrogens is 685 g/mol. The summed E-state index contributed by atoms with van der Waals surface area (Å²) in [5, 5.41) is 0. The number of hydrogen-bond acceptors (Lipinski definition) is 12. The van der Waals surface area contributed by atoms with Crippen molar-refractivity contribution in [3.8, 4) is 0 Å². The molecule has 0 spiro atoms. The second-order valence-corrected chi connectivity index (χ2v) is 4.12. The van der Waals surface area contributed by atoms with E-state index in [0.29, 0.717) is 0 Å². The molecule has 0 saturated heterocycles. The Balaban J connectivity index is -0.0000000257. The van der Waals surface area contributed by atoms with Crippen molar-refractivity contribution in [1.82, 2.24) is 0 Å². The van der Waals surface area contributed by atoms with Crippen LogP contribution >= 0.6 is 0 Å². The van der Waals surface area contributed by atoms with Crippen molar-refractivity contribution in [2.24, 2.45) is 0 Å². The van der Waals surface area contributed by atoms with E-state index >= 15 is 0 Å².